The van der Waals surface area contributed by atoms with Gasteiger partial charge in [0.2, 0.25) is 0 Å². The third kappa shape index (κ3) is 3.73. The smallest absolute Gasteiger partial charge is 0.267 e. The van der Waals surface area contributed by atoms with Gasteiger partial charge in [-0.15, -0.1) is 4.28 Å². The molecule has 0 atom stereocenters. The zero-order chi connectivity index (χ0) is 10.6. The number of hydroxylamine groups is 1. The largest absolute Gasteiger partial charge is 0.376 e. The third-order valence-electron chi connectivity index (χ3n) is 1.27. The summed E-state index contributed by atoms with van der Waals surface area (Å²) in [5.74, 6) is -0.685. The van der Waals surface area contributed by atoms with E-state index in [0.717, 1.165) is 0 Å². The molecule has 0 bridgehead atoms. The Morgan fingerprint density at radius 2 is 1.86 bits per heavy atom. The zero-order valence-electron chi connectivity index (χ0n) is 6.81. The fourth-order valence-corrected chi connectivity index (χ4v) is 1.01. The predicted molar refractivity (Wildman–Crippen MR) is 49.8 cm³/mol. The summed E-state index contributed by atoms with van der Waals surface area (Å²) >= 11 is 0. The lowest BCUT2D eigenvalue weighted by molar-refractivity contribution is 0.0777. The molecule has 0 aliphatic carbocycles. The second-order valence-electron chi connectivity index (χ2n) is 2.27. The highest BCUT2D eigenvalue weighted by molar-refractivity contribution is 8.09. The average molecular weight is 236 g/mol. The number of halogens is 1. The van der Waals surface area contributed by atoms with Gasteiger partial charge in [-0.2, -0.15) is 8.42 Å². The van der Waals surface area contributed by atoms with Gasteiger partial charge >= 0.3 is 9.33 Å². The topological polar surface area (TPSA) is 72.5 Å². The molecule has 0 unspecified atom stereocenters. The van der Waals surface area contributed by atoms with Crippen LogP contribution in [0.25, 0.3) is 0 Å². The minimum absolute atomic E-state index is 0.271. The van der Waals surface area contributed by atoms with Gasteiger partial charge in [0.25, 0.3) is 5.91 Å². The highest BCUT2D eigenvalue weighted by atomic mass is 35.7. The number of benzene rings is 1. The van der Waals surface area contributed by atoms with Gasteiger partial charge in [0.05, 0.1) is 10.7 Å². The van der Waals surface area contributed by atoms with Crippen LogP contribution in [-0.4, -0.2) is 14.3 Å². The van der Waals surface area contributed by atoms with Crippen LogP contribution in [0.4, 0.5) is 0 Å². The Balaban J connectivity index is 2.61. The fourth-order valence-electron chi connectivity index (χ4n) is 0.736. The van der Waals surface area contributed by atoms with Gasteiger partial charge in [-0.3, -0.25) is 4.79 Å². The summed E-state index contributed by atoms with van der Waals surface area (Å²) in [6.07, 6.45) is 0. The van der Waals surface area contributed by atoms with E-state index in [4.69, 9.17) is 10.7 Å². The molecule has 1 N–H and O–H groups in total. The van der Waals surface area contributed by atoms with E-state index in [1.54, 1.807) is 23.7 Å². The predicted octanol–water partition coefficient (Wildman–Crippen LogP) is 0.832. The van der Waals surface area contributed by atoms with Crippen LogP contribution in [0.2, 0.25) is 0 Å². The highest BCUT2D eigenvalue weighted by Crippen LogP contribution is 2.00. The van der Waals surface area contributed by atoms with Crippen LogP contribution in [0.15, 0.2) is 30.3 Å². The molecular formula is C7H6ClNO4S. The molecule has 0 spiro atoms. The van der Waals surface area contributed by atoms with E-state index in [9.17, 15) is 13.2 Å². The minimum atomic E-state index is -4.19. The summed E-state index contributed by atoms with van der Waals surface area (Å²) in [5.41, 5.74) is 1.95. The molecule has 0 aliphatic heterocycles. The fraction of sp³-hybridized carbons (Fsp3) is 0. The van der Waals surface area contributed by atoms with Gasteiger partial charge in [0.15, 0.2) is 0 Å². The Bertz CT molecular complexity index is 417. The van der Waals surface area contributed by atoms with Crippen molar-refractivity contribution < 1.29 is 17.5 Å². The summed E-state index contributed by atoms with van der Waals surface area (Å²) in [5, 5.41) is 0. The first-order chi connectivity index (χ1) is 6.49. The van der Waals surface area contributed by atoms with Gasteiger partial charge in [0, 0.05) is 5.56 Å². The molecule has 5 nitrogen and oxygen atoms in total. The maximum absolute atomic E-state index is 11.1. The molecule has 1 rings (SSSR count). The Labute approximate surface area is 85.2 Å². The number of carbonyl (C=O) groups excluding carboxylic acids is 1. The Morgan fingerprint density at radius 3 is 2.36 bits per heavy atom. The minimum Gasteiger partial charge on any atom is -0.267 e. The molecule has 14 heavy (non-hydrogen) atoms. The van der Waals surface area contributed by atoms with Crippen molar-refractivity contribution in [2.24, 2.45) is 0 Å². The van der Waals surface area contributed by atoms with E-state index in [-0.39, 0.29) is 5.56 Å². The summed E-state index contributed by atoms with van der Waals surface area (Å²) in [4.78, 5) is 11.1. The van der Waals surface area contributed by atoms with E-state index < -0.39 is 15.2 Å². The first-order valence-corrected chi connectivity index (χ1v) is 5.71. The van der Waals surface area contributed by atoms with Crippen LogP contribution in [-0.2, 0) is 13.6 Å². The first-order valence-electron chi connectivity index (χ1n) is 3.47. The second-order valence-corrected chi connectivity index (χ2v) is 4.36. The lowest BCUT2D eigenvalue weighted by atomic mass is 10.2. The average Bonchev–Trinajstić information content (AvgIpc) is 2.14. The van der Waals surface area contributed by atoms with E-state index >= 15 is 0 Å². The van der Waals surface area contributed by atoms with E-state index in [1.165, 1.54) is 12.1 Å². The van der Waals surface area contributed by atoms with Crippen molar-refractivity contribution in [3.8, 4) is 0 Å². The van der Waals surface area contributed by atoms with Crippen molar-refractivity contribution in [3.63, 3.8) is 0 Å². The quantitative estimate of drug-likeness (QED) is 0.622. The summed E-state index contributed by atoms with van der Waals surface area (Å²) in [7, 11) is 0.513. The van der Waals surface area contributed by atoms with E-state index in [1.807, 2.05) is 0 Å². The van der Waals surface area contributed by atoms with Gasteiger partial charge < -0.3 is 0 Å². The van der Waals surface area contributed by atoms with Crippen LogP contribution in [0, 0.1) is 0 Å². The first kappa shape index (κ1) is 11.0. The van der Waals surface area contributed by atoms with E-state index in [2.05, 4.69) is 4.28 Å². The molecule has 76 valence electrons. The number of carbonyl (C=O) groups is 1. The monoisotopic (exact) mass is 235 g/mol. The molecule has 0 fully saturated rings. The number of hydrogen-bond acceptors (Lipinski definition) is 4. The molecule has 1 amide bonds. The molecule has 0 aromatic heterocycles. The summed E-state index contributed by atoms with van der Waals surface area (Å²) < 4.78 is 24.5. The molecule has 0 aliphatic rings. The van der Waals surface area contributed by atoms with Crippen molar-refractivity contribution in [2.75, 3.05) is 0 Å². The molecule has 0 saturated carbocycles. The van der Waals surface area contributed by atoms with Gasteiger partial charge in [-0.1, -0.05) is 18.2 Å². The Kier molecular flexibility index (Phi) is 3.45. The van der Waals surface area contributed by atoms with Gasteiger partial charge in [-0.25, -0.2) is 5.48 Å². The highest BCUT2D eigenvalue weighted by Gasteiger charge is 2.10. The number of rotatable bonds is 3. The Morgan fingerprint density at radius 1 is 1.29 bits per heavy atom. The molecule has 7 heteroatoms. The summed E-state index contributed by atoms with van der Waals surface area (Å²) in [6.45, 7) is 0. The summed E-state index contributed by atoms with van der Waals surface area (Å²) in [6, 6.07) is 7.98. The maximum Gasteiger partial charge on any atom is 0.376 e. The van der Waals surface area contributed by atoms with Crippen molar-refractivity contribution in [1.29, 1.82) is 0 Å². The van der Waals surface area contributed by atoms with Crippen molar-refractivity contribution >= 4 is 25.9 Å². The SMILES string of the molecule is O=C(NOS(=O)(=O)Cl)c1ccccc1. The molecular weight excluding hydrogens is 230 g/mol. The number of nitrogens with one attached hydrogen (secondary N) is 1. The molecule has 0 saturated heterocycles. The standard InChI is InChI=1S/C7H6ClNO4S/c8-14(11,12)13-9-7(10)6-4-2-1-3-5-6/h1-5H,(H,9,10). The molecule has 0 heterocycles. The van der Waals surface area contributed by atoms with Crippen molar-refractivity contribution in [1.82, 2.24) is 5.48 Å². The lowest BCUT2D eigenvalue weighted by Gasteiger charge is -2.01. The van der Waals surface area contributed by atoms with Crippen LogP contribution >= 0.6 is 10.7 Å². The van der Waals surface area contributed by atoms with Crippen LogP contribution in [0.1, 0.15) is 10.4 Å². The molecule has 1 aromatic carbocycles. The van der Waals surface area contributed by atoms with Gasteiger partial charge in [-0.05, 0) is 12.1 Å². The lowest BCUT2D eigenvalue weighted by Crippen LogP contribution is -2.25. The van der Waals surface area contributed by atoms with Gasteiger partial charge in [0.1, 0.15) is 0 Å². The molecule has 1 aromatic rings. The van der Waals surface area contributed by atoms with Crippen molar-refractivity contribution in [2.45, 2.75) is 0 Å². The normalized spacial score (nSPS) is 10.9. The zero-order valence-corrected chi connectivity index (χ0v) is 8.38. The molecule has 0 radical (unpaired) electrons. The van der Waals surface area contributed by atoms with Crippen LogP contribution < -0.4 is 5.48 Å². The van der Waals surface area contributed by atoms with E-state index in [0.29, 0.717) is 0 Å². The third-order valence-corrected chi connectivity index (χ3v) is 1.74. The Hall–Kier alpha value is -1.11. The van der Waals surface area contributed by atoms with Crippen molar-refractivity contribution in [3.05, 3.63) is 35.9 Å². The maximum atomic E-state index is 11.1. The second kappa shape index (κ2) is 4.41. The number of hydrogen-bond donors (Lipinski definition) is 1. The number of amides is 1. The van der Waals surface area contributed by atoms with Crippen LogP contribution in [0.3, 0.4) is 0 Å². The van der Waals surface area contributed by atoms with Crippen LogP contribution in [0.5, 0.6) is 0 Å².